The number of nitrogens with two attached hydrogens (primary N) is 1. The van der Waals surface area contributed by atoms with Crippen LogP contribution in [0.2, 0.25) is 0 Å². The predicted octanol–water partition coefficient (Wildman–Crippen LogP) is 1.76. The van der Waals surface area contributed by atoms with E-state index in [9.17, 15) is 8.42 Å². The first-order valence-electron chi connectivity index (χ1n) is 6.87. The van der Waals surface area contributed by atoms with Gasteiger partial charge in [-0.05, 0) is 43.9 Å². The summed E-state index contributed by atoms with van der Waals surface area (Å²) >= 11 is 0. The molecule has 1 aliphatic rings. The zero-order valence-electron chi connectivity index (χ0n) is 12.0. The monoisotopic (exact) mass is 298 g/mol. The van der Waals surface area contributed by atoms with Crippen LogP contribution < -0.4 is 15.2 Å². The molecule has 6 heteroatoms. The van der Waals surface area contributed by atoms with Gasteiger partial charge in [0, 0.05) is 17.6 Å². The molecule has 2 rings (SSSR count). The summed E-state index contributed by atoms with van der Waals surface area (Å²) in [6, 6.07) is 4.79. The maximum atomic E-state index is 12.5. The molecule has 5 nitrogen and oxygen atoms in total. The molecule has 0 atom stereocenters. The summed E-state index contributed by atoms with van der Waals surface area (Å²) < 4.78 is 33.0. The highest BCUT2D eigenvalue weighted by Gasteiger charge is 2.39. The molecule has 0 saturated heterocycles. The van der Waals surface area contributed by atoms with Gasteiger partial charge in [0.1, 0.15) is 5.75 Å². The van der Waals surface area contributed by atoms with Crippen LogP contribution in [0, 0.1) is 0 Å². The van der Waals surface area contributed by atoms with Crippen LogP contribution in [0.15, 0.2) is 23.1 Å². The normalized spacial score (nSPS) is 17.6. The molecule has 0 bridgehead atoms. The minimum absolute atomic E-state index is 0.242. The summed E-state index contributed by atoms with van der Waals surface area (Å²) in [5.74, 6) is 0.611. The molecule has 1 fully saturated rings. The van der Waals surface area contributed by atoms with E-state index in [1.54, 1.807) is 25.3 Å². The standard InChI is InChI=1S/C14H22N2O3S/c1-3-14(7-4-8-14)16-20(17,18)12-5-6-13(19-2)11(9-12)10-15/h5-6,9,16H,3-4,7-8,10,15H2,1-2H3. The van der Waals surface area contributed by atoms with Crippen molar-refractivity contribution >= 4 is 10.0 Å². The molecule has 0 unspecified atom stereocenters. The first-order chi connectivity index (χ1) is 9.46. The summed E-state index contributed by atoms with van der Waals surface area (Å²) in [5, 5.41) is 0. The van der Waals surface area contributed by atoms with E-state index in [1.165, 1.54) is 0 Å². The van der Waals surface area contributed by atoms with Gasteiger partial charge in [-0.3, -0.25) is 0 Å². The van der Waals surface area contributed by atoms with Crippen molar-refractivity contribution in [2.75, 3.05) is 7.11 Å². The van der Waals surface area contributed by atoms with E-state index in [-0.39, 0.29) is 17.0 Å². The number of nitrogens with one attached hydrogen (secondary N) is 1. The number of rotatable bonds is 6. The Bertz CT molecular complexity index is 575. The van der Waals surface area contributed by atoms with Crippen molar-refractivity contribution in [1.29, 1.82) is 0 Å². The lowest BCUT2D eigenvalue weighted by molar-refractivity contribution is 0.214. The molecule has 3 N–H and O–H groups in total. The average molecular weight is 298 g/mol. The third kappa shape index (κ3) is 2.82. The third-order valence-electron chi connectivity index (χ3n) is 4.12. The molecule has 0 amide bonds. The Kier molecular flexibility index (Phi) is 4.36. The average Bonchev–Trinajstić information content (AvgIpc) is 2.42. The highest BCUT2D eigenvalue weighted by atomic mass is 32.2. The predicted molar refractivity (Wildman–Crippen MR) is 78.1 cm³/mol. The van der Waals surface area contributed by atoms with Crippen LogP contribution in [0.1, 0.15) is 38.2 Å². The van der Waals surface area contributed by atoms with Crippen molar-refractivity contribution in [3.63, 3.8) is 0 Å². The maximum absolute atomic E-state index is 12.5. The van der Waals surface area contributed by atoms with E-state index < -0.39 is 10.0 Å². The number of methoxy groups -OCH3 is 1. The summed E-state index contributed by atoms with van der Waals surface area (Å²) in [4.78, 5) is 0.249. The Labute approximate surface area is 120 Å². The van der Waals surface area contributed by atoms with Gasteiger partial charge in [0.25, 0.3) is 0 Å². The summed E-state index contributed by atoms with van der Waals surface area (Å²) in [6.07, 6.45) is 3.70. The largest absolute Gasteiger partial charge is 0.496 e. The molecule has 1 aliphatic carbocycles. The van der Waals surface area contributed by atoms with E-state index >= 15 is 0 Å². The number of hydrogen-bond acceptors (Lipinski definition) is 4. The van der Waals surface area contributed by atoms with Crippen LogP contribution in [0.3, 0.4) is 0 Å². The zero-order chi connectivity index (χ0) is 14.8. The Morgan fingerprint density at radius 2 is 2.10 bits per heavy atom. The molecular formula is C14H22N2O3S. The van der Waals surface area contributed by atoms with Gasteiger partial charge < -0.3 is 10.5 Å². The van der Waals surface area contributed by atoms with Crippen molar-refractivity contribution in [2.45, 2.75) is 49.6 Å². The zero-order valence-corrected chi connectivity index (χ0v) is 12.8. The second-order valence-corrected chi connectivity index (χ2v) is 6.95. The van der Waals surface area contributed by atoms with Crippen LogP contribution >= 0.6 is 0 Å². The van der Waals surface area contributed by atoms with Crippen molar-refractivity contribution in [3.8, 4) is 5.75 Å². The quantitative estimate of drug-likeness (QED) is 0.838. The van der Waals surface area contributed by atoms with Crippen LogP contribution in [0.25, 0.3) is 0 Å². The van der Waals surface area contributed by atoms with Crippen molar-refractivity contribution in [2.24, 2.45) is 5.73 Å². The van der Waals surface area contributed by atoms with Gasteiger partial charge in [0.2, 0.25) is 10.0 Å². The van der Waals surface area contributed by atoms with Crippen LogP contribution in [-0.2, 0) is 16.6 Å². The molecule has 0 heterocycles. The molecule has 1 saturated carbocycles. The van der Waals surface area contributed by atoms with Crippen LogP contribution in [-0.4, -0.2) is 21.1 Å². The molecule has 0 aliphatic heterocycles. The van der Waals surface area contributed by atoms with Crippen molar-refractivity contribution < 1.29 is 13.2 Å². The minimum Gasteiger partial charge on any atom is -0.496 e. The number of benzene rings is 1. The highest BCUT2D eigenvalue weighted by molar-refractivity contribution is 7.89. The topological polar surface area (TPSA) is 81.4 Å². The van der Waals surface area contributed by atoms with Gasteiger partial charge in [-0.25, -0.2) is 13.1 Å². The van der Waals surface area contributed by atoms with Gasteiger partial charge in [-0.15, -0.1) is 0 Å². The SMILES string of the molecule is CCC1(NS(=O)(=O)c2ccc(OC)c(CN)c2)CCC1. The van der Waals surface area contributed by atoms with Gasteiger partial charge in [-0.2, -0.15) is 0 Å². The van der Waals surface area contributed by atoms with Gasteiger partial charge in [0.15, 0.2) is 0 Å². The lowest BCUT2D eigenvalue weighted by Crippen LogP contribution is -2.52. The van der Waals surface area contributed by atoms with E-state index in [1.807, 2.05) is 6.92 Å². The highest BCUT2D eigenvalue weighted by Crippen LogP contribution is 2.36. The smallest absolute Gasteiger partial charge is 0.241 e. The van der Waals surface area contributed by atoms with E-state index in [4.69, 9.17) is 10.5 Å². The molecule has 0 aromatic heterocycles. The Hall–Kier alpha value is -1.11. The van der Waals surface area contributed by atoms with Gasteiger partial charge in [-0.1, -0.05) is 6.92 Å². The summed E-state index contributed by atoms with van der Waals surface area (Å²) in [6.45, 7) is 2.26. The first-order valence-corrected chi connectivity index (χ1v) is 8.35. The third-order valence-corrected chi connectivity index (χ3v) is 5.70. The fourth-order valence-electron chi connectivity index (χ4n) is 2.56. The molecule has 0 spiro atoms. The lowest BCUT2D eigenvalue weighted by atomic mass is 9.76. The Morgan fingerprint density at radius 1 is 1.40 bits per heavy atom. The number of sulfonamides is 1. The van der Waals surface area contributed by atoms with E-state index in [0.29, 0.717) is 11.3 Å². The fourth-order valence-corrected chi connectivity index (χ4v) is 4.14. The molecule has 1 aromatic carbocycles. The maximum Gasteiger partial charge on any atom is 0.241 e. The molecule has 20 heavy (non-hydrogen) atoms. The van der Waals surface area contributed by atoms with Crippen LogP contribution in [0.4, 0.5) is 0 Å². The van der Waals surface area contributed by atoms with E-state index in [0.717, 1.165) is 25.7 Å². The lowest BCUT2D eigenvalue weighted by Gasteiger charge is -2.41. The fraction of sp³-hybridized carbons (Fsp3) is 0.571. The van der Waals surface area contributed by atoms with E-state index in [2.05, 4.69) is 4.72 Å². The Balaban J connectivity index is 2.30. The number of hydrogen-bond donors (Lipinski definition) is 2. The second kappa shape index (κ2) is 5.71. The molecule has 0 radical (unpaired) electrons. The Morgan fingerprint density at radius 3 is 2.55 bits per heavy atom. The molecule has 1 aromatic rings. The first kappa shape index (κ1) is 15.3. The van der Waals surface area contributed by atoms with Crippen LogP contribution in [0.5, 0.6) is 5.75 Å². The minimum atomic E-state index is -3.51. The van der Waals surface area contributed by atoms with Gasteiger partial charge >= 0.3 is 0 Å². The van der Waals surface area contributed by atoms with Crippen molar-refractivity contribution in [3.05, 3.63) is 23.8 Å². The van der Waals surface area contributed by atoms with Crippen molar-refractivity contribution in [1.82, 2.24) is 4.72 Å². The summed E-state index contributed by atoms with van der Waals surface area (Å²) in [5.41, 5.74) is 6.06. The second-order valence-electron chi connectivity index (χ2n) is 5.27. The molecule has 112 valence electrons. The van der Waals surface area contributed by atoms with Gasteiger partial charge in [0.05, 0.1) is 12.0 Å². The number of ether oxygens (including phenoxy) is 1. The molecular weight excluding hydrogens is 276 g/mol. The summed E-state index contributed by atoms with van der Waals surface area (Å²) in [7, 11) is -1.97.